The summed E-state index contributed by atoms with van der Waals surface area (Å²) in [6.07, 6.45) is 2.24. The van der Waals surface area contributed by atoms with E-state index in [1.807, 2.05) is 0 Å². The zero-order valence-electron chi connectivity index (χ0n) is 12.7. The Labute approximate surface area is 132 Å². The standard InChI is InChI=1S/C16H24N2O2.ClH/c1-11-4-3-5-12(2)14(11)8-9-18-16(19)15-7-6-13(10-17)20-15;/h3-5,13,15H,6-10,17H2,1-2H3,(H,18,19);1H/t13-,15+;/m1./s1. The Morgan fingerprint density at radius 2 is 2.00 bits per heavy atom. The molecule has 0 aliphatic carbocycles. The fourth-order valence-electron chi connectivity index (χ4n) is 2.74. The quantitative estimate of drug-likeness (QED) is 0.872. The molecule has 2 rings (SSSR count). The first-order chi connectivity index (χ1) is 9.61. The SMILES string of the molecule is Cc1cccc(C)c1CCNC(=O)[C@@H]1CC[C@H](CN)O1.Cl. The molecular formula is C16H25ClN2O2. The third kappa shape index (κ3) is 4.70. The van der Waals surface area contributed by atoms with Crippen LogP contribution in [0.15, 0.2) is 18.2 Å². The Balaban J connectivity index is 0.00000220. The summed E-state index contributed by atoms with van der Waals surface area (Å²) in [5, 5.41) is 2.97. The number of hydrogen-bond donors (Lipinski definition) is 2. The van der Waals surface area contributed by atoms with Crippen LogP contribution in [0.2, 0.25) is 0 Å². The maximum Gasteiger partial charge on any atom is 0.249 e. The summed E-state index contributed by atoms with van der Waals surface area (Å²) >= 11 is 0. The van der Waals surface area contributed by atoms with E-state index in [2.05, 4.69) is 37.4 Å². The Kier molecular flexibility index (Phi) is 7.15. The van der Waals surface area contributed by atoms with E-state index >= 15 is 0 Å². The summed E-state index contributed by atoms with van der Waals surface area (Å²) in [6, 6.07) is 6.28. The maximum atomic E-state index is 12.0. The first-order valence-electron chi connectivity index (χ1n) is 7.30. The highest BCUT2D eigenvalue weighted by molar-refractivity contribution is 5.85. The van der Waals surface area contributed by atoms with E-state index in [0.717, 1.165) is 19.3 Å². The van der Waals surface area contributed by atoms with Crippen LogP contribution in [0, 0.1) is 13.8 Å². The highest BCUT2D eigenvalue weighted by atomic mass is 35.5. The van der Waals surface area contributed by atoms with E-state index in [-0.39, 0.29) is 30.5 Å². The molecule has 21 heavy (non-hydrogen) atoms. The molecule has 3 N–H and O–H groups in total. The van der Waals surface area contributed by atoms with Crippen LogP contribution >= 0.6 is 12.4 Å². The summed E-state index contributed by atoms with van der Waals surface area (Å²) in [4.78, 5) is 12.0. The van der Waals surface area contributed by atoms with Gasteiger partial charge in [0.15, 0.2) is 0 Å². The molecular weight excluding hydrogens is 288 g/mol. The van der Waals surface area contributed by atoms with Crippen LogP contribution in [0.25, 0.3) is 0 Å². The topological polar surface area (TPSA) is 64.4 Å². The van der Waals surface area contributed by atoms with Crippen LogP contribution in [0.1, 0.15) is 29.5 Å². The average molecular weight is 313 g/mol. The van der Waals surface area contributed by atoms with E-state index in [9.17, 15) is 4.79 Å². The molecule has 118 valence electrons. The molecule has 1 heterocycles. The van der Waals surface area contributed by atoms with Gasteiger partial charge in [-0.25, -0.2) is 0 Å². The zero-order valence-corrected chi connectivity index (χ0v) is 13.5. The Bertz CT molecular complexity index is 459. The second-order valence-electron chi connectivity index (χ2n) is 5.47. The minimum Gasteiger partial charge on any atom is -0.364 e. The lowest BCUT2D eigenvalue weighted by Crippen LogP contribution is -2.36. The lowest BCUT2D eigenvalue weighted by Gasteiger charge is -2.14. The van der Waals surface area contributed by atoms with Gasteiger partial charge >= 0.3 is 0 Å². The predicted molar refractivity (Wildman–Crippen MR) is 86.8 cm³/mol. The largest absolute Gasteiger partial charge is 0.364 e. The number of amides is 1. The smallest absolute Gasteiger partial charge is 0.249 e. The van der Waals surface area contributed by atoms with Crippen LogP contribution in [-0.2, 0) is 16.0 Å². The van der Waals surface area contributed by atoms with Crippen LogP contribution in [-0.4, -0.2) is 31.2 Å². The van der Waals surface area contributed by atoms with Crippen molar-refractivity contribution in [3.8, 4) is 0 Å². The summed E-state index contributed by atoms with van der Waals surface area (Å²) < 4.78 is 5.59. The van der Waals surface area contributed by atoms with Gasteiger partial charge in [0, 0.05) is 13.1 Å². The molecule has 1 aromatic carbocycles. The van der Waals surface area contributed by atoms with Gasteiger partial charge in [0.1, 0.15) is 6.10 Å². The van der Waals surface area contributed by atoms with E-state index < -0.39 is 0 Å². The number of ether oxygens (including phenoxy) is 1. The van der Waals surface area contributed by atoms with Crippen molar-refractivity contribution in [1.29, 1.82) is 0 Å². The van der Waals surface area contributed by atoms with Gasteiger partial charge < -0.3 is 15.8 Å². The van der Waals surface area contributed by atoms with Crippen molar-refractivity contribution in [3.63, 3.8) is 0 Å². The zero-order chi connectivity index (χ0) is 14.5. The molecule has 1 aliphatic heterocycles. The Hall–Kier alpha value is -1.10. The van der Waals surface area contributed by atoms with Crippen molar-refractivity contribution in [3.05, 3.63) is 34.9 Å². The number of aryl methyl sites for hydroxylation is 2. The molecule has 1 fully saturated rings. The van der Waals surface area contributed by atoms with Crippen molar-refractivity contribution in [2.45, 2.75) is 45.3 Å². The maximum absolute atomic E-state index is 12.0. The van der Waals surface area contributed by atoms with Crippen molar-refractivity contribution in [2.75, 3.05) is 13.1 Å². The van der Waals surface area contributed by atoms with Gasteiger partial charge in [-0.3, -0.25) is 4.79 Å². The van der Waals surface area contributed by atoms with Crippen LogP contribution < -0.4 is 11.1 Å². The van der Waals surface area contributed by atoms with Gasteiger partial charge in [0.2, 0.25) is 5.91 Å². The number of rotatable bonds is 5. The summed E-state index contributed by atoms with van der Waals surface area (Å²) in [5.41, 5.74) is 9.42. The normalized spacial score (nSPS) is 20.9. The molecule has 2 atom stereocenters. The number of hydrogen-bond acceptors (Lipinski definition) is 3. The number of benzene rings is 1. The van der Waals surface area contributed by atoms with Crippen LogP contribution in [0.3, 0.4) is 0 Å². The highest BCUT2D eigenvalue weighted by Gasteiger charge is 2.29. The van der Waals surface area contributed by atoms with Gasteiger partial charge in [-0.2, -0.15) is 0 Å². The fourth-order valence-corrected chi connectivity index (χ4v) is 2.74. The third-order valence-electron chi connectivity index (χ3n) is 3.98. The molecule has 4 nitrogen and oxygen atoms in total. The highest BCUT2D eigenvalue weighted by Crippen LogP contribution is 2.19. The molecule has 1 aromatic rings. The van der Waals surface area contributed by atoms with Crippen LogP contribution in [0.4, 0.5) is 0 Å². The van der Waals surface area contributed by atoms with E-state index in [1.165, 1.54) is 16.7 Å². The number of carbonyl (C=O) groups excluding carboxylic acids is 1. The fraction of sp³-hybridized carbons (Fsp3) is 0.562. The molecule has 0 radical (unpaired) electrons. The van der Waals surface area contributed by atoms with Crippen molar-refractivity contribution >= 4 is 18.3 Å². The molecule has 1 saturated heterocycles. The Morgan fingerprint density at radius 3 is 2.57 bits per heavy atom. The molecule has 0 bridgehead atoms. The lowest BCUT2D eigenvalue weighted by atomic mass is 10.0. The van der Waals surface area contributed by atoms with Crippen LogP contribution in [0.5, 0.6) is 0 Å². The van der Waals surface area contributed by atoms with Gasteiger partial charge in [-0.05, 0) is 49.8 Å². The van der Waals surface area contributed by atoms with Crippen molar-refractivity contribution in [2.24, 2.45) is 5.73 Å². The molecule has 5 heteroatoms. The molecule has 0 saturated carbocycles. The first-order valence-corrected chi connectivity index (χ1v) is 7.30. The molecule has 0 spiro atoms. The lowest BCUT2D eigenvalue weighted by molar-refractivity contribution is -0.131. The first kappa shape index (κ1) is 18.0. The number of nitrogens with one attached hydrogen (secondary N) is 1. The molecule has 1 amide bonds. The molecule has 1 aliphatic rings. The summed E-state index contributed by atoms with van der Waals surface area (Å²) in [5.74, 6) is -0.00723. The Morgan fingerprint density at radius 1 is 1.33 bits per heavy atom. The number of carbonyl (C=O) groups is 1. The van der Waals surface area contributed by atoms with Crippen molar-refractivity contribution in [1.82, 2.24) is 5.32 Å². The van der Waals surface area contributed by atoms with E-state index in [4.69, 9.17) is 10.5 Å². The predicted octanol–water partition coefficient (Wildman–Crippen LogP) is 1.89. The number of halogens is 1. The van der Waals surface area contributed by atoms with Gasteiger partial charge in [-0.1, -0.05) is 18.2 Å². The second-order valence-corrected chi connectivity index (χ2v) is 5.47. The van der Waals surface area contributed by atoms with E-state index in [1.54, 1.807) is 0 Å². The third-order valence-corrected chi connectivity index (χ3v) is 3.98. The summed E-state index contributed by atoms with van der Waals surface area (Å²) in [7, 11) is 0. The number of nitrogens with two attached hydrogens (primary N) is 1. The van der Waals surface area contributed by atoms with Gasteiger partial charge in [-0.15, -0.1) is 12.4 Å². The minimum absolute atomic E-state index is 0. The van der Waals surface area contributed by atoms with Crippen molar-refractivity contribution < 1.29 is 9.53 Å². The van der Waals surface area contributed by atoms with E-state index in [0.29, 0.717) is 13.1 Å². The molecule has 0 unspecified atom stereocenters. The molecule has 0 aromatic heterocycles. The summed E-state index contributed by atoms with van der Waals surface area (Å²) in [6.45, 7) is 5.36. The van der Waals surface area contributed by atoms with Gasteiger partial charge in [0.05, 0.1) is 6.10 Å². The minimum atomic E-state index is -0.318. The monoisotopic (exact) mass is 312 g/mol. The second kappa shape index (κ2) is 8.37. The average Bonchev–Trinajstić information content (AvgIpc) is 2.91. The van der Waals surface area contributed by atoms with Gasteiger partial charge in [0.25, 0.3) is 0 Å².